The molecule has 0 N–H and O–H groups in total. The summed E-state index contributed by atoms with van der Waals surface area (Å²) in [5.74, 6) is 2.78. The Morgan fingerprint density at radius 2 is 1.55 bits per heavy atom. The maximum Gasteiger partial charge on any atom is 0.387 e. The van der Waals surface area contributed by atoms with Gasteiger partial charge >= 0.3 is 20.2 Å². The molecule has 0 bridgehead atoms. The van der Waals surface area contributed by atoms with E-state index in [1.807, 2.05) is 36.4 Å². The lowest BCUT2D eigenvalue weighted by molar-refractivity contribution is -0.167. The number of hydrogen-bond donors (Lipinski definition) is 0. The molecule has 4 aliphatic carbocycles. The van der Waals surface area contributed by atoms with Crippen LogP contribution in [0.1, 0.15) is 85.0 Å². The summed E-state index contributed by atoms with van der Waals surface area (Å²) in [6.45, 7) is 7.33. The van der Waals surface area contributed by atoms with Crippen molar-refractivity contribution in [1.82, 2.24) is 0 Å². The Bertz CT molecular complexity index is 1610. The van der Waals surface area contributed by atoms with Crippen LogP contribution in [0.5, 0.6) is 0 Å². The smallest absolute Gasteiger partial charge is 0.387 e. The van der Waals surface area contributed by atoms with Gasteiger partial charge in [-0.15, -0.1) is 0 Å². The van der Waals surface area contributed by atoms with Crippen LogP contribution >= 0.6 is 8.24 Å². The second kappa shape index (κ2) is 12.9. The predicted octanol–water partition coefficient (Wildman–Crippen LogP) is 9.73. The first-order valence-corrected chi connectivity index (χ1v) is 18.9. The summed E-state index contributed by atoms with van der Waals surface area (Å²) in [5.41, 5.74) is 1.66. The molecule has 254 valence electrons. The van der Waals surface area contributed by atoms with Crippen molar-refractivity contribution in [3.8, 4) is 0 Å². The van der Waals surface area contributed by atoms with Gasteiger partial charge in [-0.3, -0.25) is 14.1 Å². The molecule has 3 aromatic rings. The lowest BCUT2D eigenvalue weighted by Crippen LogP contribution is -2.60. The van der Waals surface area contributed by atoms with Gasteiger partial charge < -0.3 is 17.9 Å². The Hall–Kier alpha value is -2.76. The van der Waals surface area contributed by atoms with Crippen LogP contribution in [-0.4, -0.2) is 32.3 Å². The van der Waals surface area contributed by atoms with E-state index in [2.05, 4.69) is 32.9 Å². The van der Waals surface area contributed by atoms with Gasteiger partial charge in [-0.05, 0) is 111 Å². The van der Waals surface area contributed by atoms with Crippen molar-refractivity contribution in [1.29, 1.82) is 0 Å². The summed E-state index contributed by atoms with van der Waals surface area (Å²) >= 11 is 0. The molecule has 0 unspecified atom stereocenters. The molecule has 1 heterocycles. The van der Waals surface area contributed by atoms with Gasteiger partial charge in [0.05, 0.1) is 26.2 Å². The fourth-order valence-corrected chi connectivity index (χ4v) is 12.5. The van der Waals surface area contributed by atoms with Gasteiger partial charge in [0.15, 0.2) is 0 Å². The molecule has 0 spiro atoms. The van der Waals surface area contributed by atoms with Crippen molar-refractivity contribution in [2.75, 3.05) is 14.2 Å². The Balaban J connectivity index is 1.28. The molecule has 2 aromatic carbocycles. The van der Waals surface area contributed by atoms with Gasteiger partial charge in [0.1, 0.15) is 11.2 Å². The van der Waals surface area contributed by atoms with E-state index in [0.29, 0.717) is 41.9 Å². The average molecular weight is 663 g/mol. The lowest BCUT2D eigenvalue weighted by atomic mass is 9.43. The van der Waals surface area contributed by atoms with Crippen molar-refractivity contribution in [2.24, 2.45) is 52.3 Å². The van der Waals surface area contributed by atoms with E-state index in [9.17, 15) is 9.59 Å². The average Bonchev–Trinajstić information content (AvgIpc) is 3.36. The van der Waals surface area contributed by atoms with Gasteiger partial charge in [-0.1, -0.05) is 57.2 Å². The van der Waals surface area contributed by atoms with Gasteiger partial charge in [0.25, 0.3) is 0 Å². The van der Waals surface area contributed by atoms with E-state index in [1.54, 1.807) is 0 Å². The van der Waals surface area contributed by atoms with Crippen LogP contribution in [0.15, 0.2) is 56.9 Å². The van der Waals surface area contributed by atoms with Crippen molar-refractivity contribution >= 4 is 42.1 Å². The standard InChI is InChI=1S/C39H51O7P/c1-24(14-19-36(40)42-4)30-17-18-31-29-16-15-26-22-25(37(41)43-5)20-21-38(26,2)32(29)23-35(39(30,31)3)46-47-44-33-12-8-6-10-27(33)28-11-7-9-13-34(28)45-47/h6-13,24-26,29-32,35H,14-23H2,1-5H3/t24-,25-,26-,29+,30-,31+,32+,35+,38+,39-/m1/s1. The van der Waals surface area contributed by atoms with Gasteiger partial charge in [-0.2, -0.15) is 0 Å². The molecule has 7 nitrogen and oxygen atoms in total. The highest BCUT2D eigenvalue weighted by molar-refractivity contribution is 7.31. The Kier molecular flexibility index (Phi) is 9.02. The molecule has 47 heavy (non-hydrogen) atoms. The number of hydrogen-bond acceptors (Lipinski definition) is 7. The third-order valence-electron chi connectivity index (χ3n) is 13.7. The molecular weight excluding hydrogens is 611 g/mol. The first-order chi connectivity index (χ1) is 22.7. The number of benzene rings is 2. The zero-order valence-corrected chi connectivity index (χ0v) is 29.5. The monoisotopic (exact) mass is 662 g/mol. The Morgan fingerprint density at radius 3 is 2.21 bits per heavy atom. The minimum atomic E-state index is -1.72. The maximum atomic E-state index is 12.6. The molecule has 4 aliphatic rings. The molecule has 8 heteroatoms. The van der Waals surface area contributed by atoms with E-state index in [4.69, 9.17) is 22.4 Å². The molecule has 4 fully saturated rings. The van der Waals surface area contributed by atoms with Gasteiger partial charge in [0.2, 0.25) is 0 Å². The summed E-state index contributed by atoms with van der Waals surface area (Å²) in [4.78, 5) is 24.8. The number of methoxy groups -OCH3 is 2. The highest BCUT2D eigenvalue weighted by Gasteiger charge is 2.65. The van der Waals surface area contributed by atoms with Crippen LogP contribution in [0.3, 0.4) is 0 Å². The van der Waals surface area contributed by atoms with Crippen molar-refractivity contribution in [3.05, 3.63) is 48.5 Å². The highest BCUT2D eigenvalue weighted by atomic mass is 31.1. The van der Waals surface area contributed by atoms with E-state index in [1.165, 1.54) is 33.5 Å². The van der Waals surface area contributed by atoms with Gasteiger partial charge in [-0.25, -0.2) is 0 Å². The third kappa shape index (κ3) is 5.63. The zero-order valence-electron chi connectivity index (χ0n) is 28.6. The molecule has 7 rings (SSSR count). The van der Waals surface area contributed by atoms with Crippen LogP contribution in [0, 0.1) is 52.3 Å². The number of esters is 2. The molecule has 0 aliphatic heterocycles. The van der Waals surface area contributed by atoms with E-state index < -0.39 is 8.24 Å². The highest BCUT2D eigenvalue weighted by Crippen LogP contribution is 2.69. The van der Waals surface area contributed by atoms with Crippen LogP contribution in [0.4, 0.5) is 0 Å². The number of fused-ring (bicyclic) bond motifs is 8. The minimum Gasteiger partial charge on any atom is -0.469 e. The molecule has 0 amide bonds. The topological polar surface area (TPSA) is 88.1 Å². The number of carbonyl (C=O) groups is 2. The predicted molar refractivity (Wildman–Crippen MR) is 183 cm³/mol. The fourth-order valence-electron chi connectivity index (χ4n) is 11.2. The molecule has 0 saturated heterocycles. The van der Waals surface area contributed by atoms with E-state index >= 15 is 0 Å². The molecule has 10 atom stereocenters. The number of rotatable bonds is 7. The van der Waals surface area contributed by atoms with Crippen LogP contribution in [0.2, 0.25) is 0 Å². The summed E-state index contributed by atoms with van der Waals surface area (Å²) in [5, 5.41) is 2.04. The fraction of sp³-hybridized carbons (Fsp3) is 0.641. The first-order valence-electron chi connectivity index (χ1n) is 17.8. The van der Waals surface area contributed by atoms with Crippen molar-refractivity contribution in [3.63, 3.8) is 0 Å². The lowest BCUT2D eigenvalue weighted by Gasteiger charge is -2.62. The molecule has 1 aromatic heterocycles. The van der Waals surface area contributed by atoms with Crippen LogP contribution < -0.4 is 4.52 Å². The van der Waals surface area contributed by atoms with E-state index in [-0.39, 0.29) is 34.8 Å². The number of para-hydroxylation sites is 2. The molecule has 4 saturated carbocycles. The third-order valence-corrected chi connectivity index (χ3v) is 14.8. The number of ether oxygens (including phenoxy) is 2. The molecular formula is C39H51O7P. The Morgan fingerprint density at radius 1 is 0.872 bits per heavy atom. The second-order valence-corrected chi connectivity index (χ2v) is 16.5. The normalized spacial score (nSPS) is 35.4. The summed E-state index contributed by atoms with van der Waals surface area (Å²) in [6.07, 6.45) is 9.76. The zero-order chi connectivity index (χ0) is 32.9. The Labute approximate surface area is 279 Å². The quantitative estimate of drug-likeness (QED) is 0.233. The second-order valence-electron chi connectivity index (χ2n) is 15.5. The van der Waals surface area contributed by atoms with Crippen LogP contribution in [-0.2, 0) is 19.1 Å². The van der Waals surface area contributed by atoms with Gasteiger partial charge in [0, 0.05) is 22.6 Å². The van der Waals surface area contributed by atoms with Crippen molar-refractivity contribution < 1.29 is 32.0 Å². The summed E-state index contributed by atoms with van der Waals surface area (Å²) < 4.78 is 30.8. The maximum absolute atomic E-state index is 12.6. The largest absolute Gasteiger partial charge is 0.469 e. The van der Waals surface area contributed by atoms with E-state index in [0.717, 1.165) is 60.5 Å². The molecule has 0 radical (unpaired) electrons. The van der Waals surface area contributed by atoms with Crippen LogP contribution in [0.25, 0.3) is 21.9 Å². The summed E-state index contributed by atoms with van der Waals surface area (Å²) in [6, 6.07) is 16.3. The van der Waals surface area contributed by atoms with Crippen molar-refractivity contribution in [2.45, 2.75) is 91.1 Å². The SMILES string of the molecule is COC(=O)CC[C@@H](C)[C@H]1CC[C@H]2[C@@H]3CC[C@@H]4C[C@H](C(=O)OC)CC[C@]4(C)[C@H]3C[C@H](Op3oc4ccccc4c4ccccc4o3)[C@]12C. The summed E-state index contributed by atoms with van der Waals surface area (Å²) in [7, 11) is 1.28. The number of carbonyl (C=O) groups excluding carboxylic acids is 2. The first kappa shape index (κ1) is 32.8. The minimum absolute atomic E-state index is 0.0124.